The molecule has 2 heterocycles. The summed E-state index contributed by atoms with van der Waals surface area (Å²) in [5.74, 6) is -0.136. The molecule has 1 aliphatic rings. The Bertz CT molecular complexity index is 717. The Morgan fingerprint density at radius 1 is 1.22 bits per heavy atom. The molecule has 27 heavy (non-hydrogen) atoms. The Morgan fingerprint density at radius 2 is 2.07 bits per heavy atom. The standard InChI is InChI=1S/C20H27N5O2/c26-19(21-9-4-12-25-13-5-10-23-25)16-18-20(27)22-11-15-24(18)14-8-17-6-2-1-3-7-17/h1-3,5-7,10,13,18H,4,8-9,11-12,14-16H2,(H,21,26)(H,22,27). The van der Waals surface area contributed by atoms with Gasteiger partial charge in [-0.15, -0.1) is 0 Å². The largest absolute Gasteiger partial charge is 0.356 e. The van der Waals surface area contributed by atoms with Gasteiger partial charge in [0.25, 0.3) is 0 Å². The maximum atomic E-state index is 12.3. The SMILES string of the molecule is O=C(CC1C(=O)NCCN1CCc1ccccc1)NCCCn1cccn1. The van der Waals surface area contributed by atoms with E-state index in [2.05, 4.69) is 32.8 Å². The Kier molecular flexibility index (Phi) is 6.98. The molecule has 0 aliphatic carbocycles. The van der Waals surface area contributed by atoms with Crippen LogP contribution in [-0.2, 0) is 22.6 Å². The maximum absolute atomic E-state index is 12.3. The zero-order valence-corrected chi connectivity index (χ0v) is 15.5. The molecule has 2 amide bonds. The predicted octanol–water partition coefficient (Wildman–Crippen LogP) is 0.823. The summed E-state index contributed by atoms with van der Waals surface area (Å²) in [5, 5.41) is 9.94. The molecular weight excluding hydrogens is 342 g/mol. The van der Waals surface area contributed by atoms with Crippen molar-refractivity contribution in [2.75, 3.05) is 26.2 Å². The van der Waals surface area contributed by atoms with Gasteiger partial charge in [0.2, 0.25) is 11.8 Å². The molecule has 7 heteroatoms. The number of aromatic nitrogens is 2. The van der Waals surface area contributed by atoms with E-state index in [-0.39, 0.29) is 18.2 Å². The highest BCUT2D eigenvalue weighted by Gasteiger charge is 2.31. The fourth-order valence-electron chi connectivity index (χ4n) is 3.32. The molecule has 0 radical (unpaired) electrons. The van der Waals surface area contributed by atoms with Crippen molar-refractivity contribution >= 4 is 11.8 Å². The fraction of sp³-hybridized carbons (Fsp3) is 0.450. The van der Waals surface area contributed by atoms with Crippen molar-refractivity contribution in [3.05, 3.63) is 54.4 Å². The first-order valence-corrected chi connectivity index (χ1v) is 9.52. The second-order valence-corrected chi connectivity index (χ2v) is 6.76. The summed E-state index contributed by atoms with van der Waals surface area (Å²) in [5.41, 5.74) is 1.24. The van der Waals surface area contributed by atoms with Crippen molar-refractivity contribution in [2.45, 2.75) is 31.8 Å². The number of amides is 2. The van der Waals surface area contributed by atoms with Gasteiger partial charge in [-0.1, -0.05) is 30.3 Å². The van der Waals surface area contributed by atoms with Crippen LogP contribution in [0.2, 0.25) is 0 Å². The van der Waals surface area contributed by atoms with Gasteiger partial charge in [0.1, 0.15) is 0 Å². The number of aryl methyl sites for hydroxylation is 1. The van der Waals surface area contributed by atoms with Crippen LogP contribution in [0, 0.1) is 0 Å². The summed E-state index contributed by atoms with van der Waals surface area (Å²) in [7, 11) is 0. The zero-order valence-electron chi connectivity index (χ0n) is 15.5. The number of nitrogens with one attached hydrogen (secondary N) is 2. The Hall–Kier alpha value is -2.67. The van der Waals surface area contributed by atoms with Gasteiger partial charge in [0.15, 0.2) is 0 Å². The van der Waals surface area contributed by atoms with Crippen molar-refractivity contribution in [3.63, 3.8) is 0 Å². The molecule has 7 nitrogen and oxygen atoms in total. The lowest BCUT2D eigenvalue weighted by Crippen LogP contribution is -2.56. The lowest BCUT2D eigenvalue weighted by molar-refractivity contribution is -0.133. The Balaban J connectivity index is 1.44. The molecule has 1 aromatic carbocycles. The number of carbonyl (C=O) groups is 2. The van der Waals surface area contributed by atoms with E-state index >= 15 is 0 Å². The first-order chi connectivity index (χ1) is 13.2. The summed E-state index contributed by atoms with van der Waals surface area (Å²) < 4.78 is 1.84. The van der Waals surface area contributed by atoms with Gasteiger partial charge in [0, 0.05) is 45.1 Å². The van der Waals surface area contributed by atoms with Crippen molar-refractivity contribution in [2.24, 2.45) is 0 Å². The molecule has 0 saturated carbocycles. The van der Waals surface area contributed by atoms with Crippen LogP contribution < -0.4 is 10.6 Å². The van der Waals surface area contributed by atoms with Gasteiger partial charge >= 0.3 is 0 Å². The average Bonchev–Trinajstić information content (AvgIpc) is 3.20. The van der Waals surface area contributed by atoms with Gasteiger partial charge in [0.05, 0.1) is 12.5 Å². The van der Waals surface area contributed by atoms with Crippen LogP contribution in [0.25, 0.3) is 0 Å². The summed E-state index contributed by atoms with van der Waals surface area (Å²) in [6.45, 7) is 3.53. The number of hydrogen-bond acceptors (Lipinski definition) is 4. The number of piperazine rings is 1. The molecule has 2 aromatic rings. The quantitative estimate of drug-likeness (QED) is 0.642. The van der Waals surface area contributed by atoms with Crippen molar-refractivity contribution < 1.29 is 9.59 Å². The predicted molar refractivity (Wildman–Crippen MR) is 103 cm³/mol. The third-order valence-electron chi connectivity index (χ3n) is 4.80. The molecule has 1 aromatic heterocycles. The zero-order chi connectivity index (χ0) is 18.9. The van der Waals surface area contributed by atoms with E-state index in [1.54, 1.807) is 6.20 Å². The summed E-state index contributed by atoms with van der Waals surface area (Å²) in [4.78, 5) is 26.7. The van der Waals surface area contributed by atoms with Gasteiger partial charge in [-0.2, -0.15) is 5.10 Å². The van der Waals surface area contributed by atoms with Gasteiger partial charge < -0.3 is 10.6 Å². The lowest BCUT2D eigenvalue weighted by Gasteiger charge is -2.34. The minimum Gasteiger partial charge on any atom is -0.356 e. The summed E-state index contributed by atoms with van der Waals surface area (Å²) in [6, 6.07) is 11.7. The number of hydrogen-bond donors (Lipinski definition) is 2. The van der Waals surface area contributed by atoms with E-state index in [4.69, 9.17) is 0 Å². The minimum atomic E-state index is -0.395. The van der Waals surface area contributed by atoms with E-state index in [0.717, 1.165) is 32.5 Å². The van der Waals surface area contributed by atoms with E-state index < -0.39 is 6.04 Å². The normalized spacial score (nSPS) is 17.5. The summed E-state index contributed by atoms with van der Waals surface area (Å²) in [6.07, 6.45) is 5.52. The highest BCUT2D eigenvalue weighted by Crippen LogP contribution is 2.11. The highest BCUT2D eigenvalue weighted by molar-refractivity contribution is 5.88. The van der Waals surface area contributed by atoms with Crippen molar-refractivity contribution in [3.8, 4) is 0 Å². The molecule has 1 unspecified atom stereocenters. The molecule has 1 saturated heterocycles. The van der Waals surface area contributed by atoms with Gasteiger partial charge in [-0.05, 0) is 24.5 Å². The smallest absolute Gasteiger partial charge is 0.237 e. The number of carbonyl (C=O) groups excluding carboxylic acids is 2. The molecule has 2 N–H and O–H groups in total. The second-order valence-electron chi connectivity index (χ2n) is 6.76. The van der Waals surface area contributed by atoms with E-state index in [9.17, 15) is 9.59 Å². The van der Waals surface area contributed by atoms with E-state index in [1.807, 2.05) is 35.1 Å². The maximum Gasteiger partial charge on any atom is 0.237 e. The van der Waals surface area contributed by atoms with Crippen LogP contribution in [0.4, 0.5) is 0 Å². The Labute approximate surface area is 159 Å². The van der Waals surface area contributed by atoms with Gasteiger partial charge in [-0.3, -0.25) is 19.2 Å². The number of benzene rings is 1. The Morgan fingerprint density at radius 3 is 2.85 bits per heavy atom. The first kappa shape index (κ1) is 19.1. The van der Waals surface area contributed by atoms with Crippen LogP contribution in [-0.4, -0.2) is 58.7 Å². The van der Waals surface area contributed by atoms with Gasteiger partial charge in [-0.25, -0.2) is 0 Å². The minimum absolute atomic E-state index is 0.0546. The molecule has 1 aliphatic heterocycles. The molecule has 1 fully saturated rings. The third-order valence-corrected chi connectivity index (χ3v) is 4.80. The van der Waals surface area contributed by atoms with Crippen molar-refractivity contribution in [1.29, 1.82) is 0 Å². The van der Waals surface area contributed by atoms with Crippen LogP contribution in [0.1, 0.15) is 18.4 Å². The molecule has 3 rings (SSSR count). The molecule has 0 spiro atoms. The number of rotatable bonds is 9. The van der Waals surface area contributed by atoms with E-state index in [1.165, 1.54) is 5.56 Å². The summed E-state index contributed by atoms with van der Waals surface area (Å²) >= 11 is 0. The van der Waals surface area contributed by atoms with E-state index in [0.29, 0.717) is 13.1 Å². The molecular formula is C20H27N5O2. The third kappa shape index (κ3) is 5.92. The lowest BCUT2D eigenvalue weighted by atomic mass is 10.1. The second kappa shape index (κ2) is 9.87. The topological polar surface area (TPSA) is 79.3 Å². The van der Waals surface area contributed by atoms with Crippen LogP contribution in [0.3, 0.4) is 0 Å². The number of nitrogens with zero attached hydrogens (tertiary/aromatic N) is 3. The highest BCUT2D eigenvalue weighted by atomic mass is 16.2. The van der Waals surface area contributed by atoms with Crippen LogP contribution >= 0.6 is 0 Å². The monoisotopic (exact) mass is 369 g/mol. The molecule has 0 bridgehead atoms. The average molecular weight is 369 g/mol. The molecule has 1 atom stereocenters. The molecule has 144 valence electrons. The first-order valence-electron chi connectivity index (χ1n) is 9.52. The van der Waals surface area contributed by atoms with Crippen molar-refractivity contribution in [1.82, 2.24) is 25.3 Å². The van der Waals surface area contributed by atoms with Crippen LogP contribution in [0.15, 0.2) is 48.8 Å². The van der Waals surface area contributed by atoms with Crippen LogP contribution in [0.5, 0.6) is 0 Å². The fourth-order valence-corrected chi connectivity index (χ4v) is 3.32.